The number of para-hydroxylation sites is 1. The van der Waals surface area contributed by atoms with Gasteiger partial charge in [-0.15, -0.1) is 0 Å². The van der Waals surface area contributed by atoms with Gasteiger partial charge in [0, 0.05) is 18.9 Å². The van der Waals surface area contributed by atoms with Crippen molar-refractivity contribution in [2.45, 2.75) is 0 Å². The molecule has 24 heavy (non-hydrogen) atoms. The molecule has 0 fully saturated rings. The third kappa shape index (κ3) is 4.26. The van der Waals surface area contributed by atoms with E-state index < -0.39 is 11.9 Å². The van der Waals surface area contributed by atoms with Crippen LogP contribution in [0.4, 0.5) is 5.69 Å². The average molecular weight is 344 g/mol. The van der Waals surface area contributed by atoms with Crippen LogP contribution in [0.25, 0.3) is 0 Å². The number of hydrogen-bond acceptors (Lipinski definition) is 5. The number of benzene rings is 1. The number of nitrogens with one attached hydrogen (secondary N) is 2. The number of aromatic nitrogens is 1. The van der Waals surface area contributed by atoms with Gasteiger partial charge in [0.15, 0.2) is 10.8 Å². The second-order valence-electron chi connectivity index (χ2n) is 4.69. The third-order valence-electron chi connectivity index (χ3n) is 3.03. The van der Waals surface area contributed by atoms with Crippen molar-refractivity contribution in [3.63, 3.8) is 0 Å². The van der Waals surface area contributed by atoms with Crippen molar-refractivity contribution in [3.8, 4) is 0 Å². The fourth-order valence-corrected chi connectivity index (χ4v) is 2.00. The normalized spacial score (nSPS) is 9.75. The van der Waals surface area contributed by atoms with Crippen LogP contribution in [0.3, 0.4) is 0 Å². The number of amides is 1. The Morgan fingerprint density at radius 2 is 1.88 bits per heavy atom. The standard InChI is InChI=1S/C16H16N4O3S/c1-20(16(24)18-11-7-4-3-5-8-11)19-14(21)12-9-6-10-17-13(12)15(22)23-2/h3-10H,1-2H3,(H,18,24)(H,19,21). The van der Waals surface area contributed by atoms with E-state index in [9.17, 15) is 9.59 Å². The molecule has 1 heterocycles. The Morgan fingerprint density at radius 1 is 1.17 bits per heavy atom. The summed E-state index contributed by atoms with van der Waals surface area (Å²) in [5, 5.41) is 4.62. The van der Waals surface area contributed by atoms with Crippen LogP contribution >= 0.6 is 12.2 Å². The Kier molecular flexibility index (Phi) is 5.80. The number of nitrogens with zero attached hydrogens (tertiary/aromatic N) is 2. The number of methoxy groups -OCH3 is 1. The second kappa shape index (κ2) is 8.02. The summed E-state index contributed by atoms with van der Waals surface area (Å²) < 4.78 is 4.63. The fourth-order valence-electron chi connectivity index (χ4n) is 1.84. The monoisotopic (exact) mass is 344 g/mol. The molecule has 0 saturated heterocycles. The van der Waals surface area contributed by atoms with Crippen LogP contribution in [0.1, 0.15) is 20.8 Å². The van der Waals surface area contributed by atoms with Crippen molar-refractivity contribution in [1.82, 2.24) is 15.4 Å². The Morgan fingerprint density at radius 3 is 2.54 bits per heavy atom. The highest BCUT2D eigenvalue weighted by Gasteiger charge is 2.20. The predicted octanol–water partition coefficient (Wildman–Crippen LogP) is 1.84. The third-order valence-corrected chi connectivity index (χ3v) is 3.41. The molecule has 7 nitrogen and oxygen atoms in total. The zero-order valence-electron chi connectivity index (χ0n) is 13.1. The molecule has 1 amide bonds. The van der Waals surface area contributed by atoms with Crippen LogP contribution in [0.2, 0.25) is 0 Å². The van der Waals surface area contributed by atoms with E-state index >= 15 is 0 Å². The highest BCUT2D eigenvalue weighted by Crippen LogP contribution is 2.08. The zero-order valence-corrected chi connectivity index (χ0v) is 14.0. The lowest BCUT2D eigenvalue weighted by molar-refractivity contribution is 0.0588. The van der Waals surface area contributed by atoms with Crippen LogP contribution in [-0.2, 0) is 4.74 Å². The minimum atomic E-state index is -0.687. The van der Waals surface area contributed by atoms with Crippen LogP contribution in [-0.4, -0.2) is 41.1 Å². The molecule has 0 aliphatic heterocycles. The number of ether oxygens (including phenoxy) is 1. The molecule has 0 aliphatic carbocycles. The van der Waals surface area contributed by atoms with Gasteiger partial charge >= 0.3 is 5.97 Å². The molecule has 0 saturated carbocycles. The summed E-state index contributed by atoms with van der Waals surface area (Å²) >= 11 is 5.23. The molecule has 2 rings (SSSR count). The molecule has 0 unspecified atom stereocenters. The molecule has 0 atom stereocenters. The predicted molar refractivity (Wildman–Crippen MR) is 93.5 cm³/mol. The highest BCUT2D eigenvalue weighted by molar-refractivity contribution is 7.80. The number of esters is 1. The molecule has 8 heteroatoms. The zero-order chi connectivity index (χ0) is 17.5. The van der Waals surface area contributed by atoms with Gasteiger partial charge in [0.2, 0.25) is 0 Å². The van der Waals surface area contributed by atoms with Gasteiger partial charge in [-0.3, -0.25) is 15.2 Å². The Balaban J connectivity index is 2.06. The van der Waals surface area contributed by atoms with E-state index in [1.807, 2.05) is 30.3 Å². The first kappa shape index (κ1) is 17.4. The summed E-state index contributed by atoms with van der Waals surface area (Å²) in [4.78, 5) is 27.9. The molecule has 1 aromatic carbocycles. The molecular weight excluding hydrogens is 328 g/mol. The maximum absolute atomic E-state index is 12.4. The van der Waals surface area contributed by atoms with Crippen LogP contribution < -0.4 is 10.7 Å². The van der Waals surface area contributed by atoms with Crippen molar-refractivity contribution >= 4 is 34.9 Å². The van der Waals surface area contributed by atoms with Crippen molar-refractivity contribution < 1.29 is 14.3 Å². The number of rotatable bonds is 3. The first-order valence-electron chi connectivity index (χ1n) is 6.97. The topological polar surface area (TPSA) is 83.6 Å². The van der Waals surface area contributed by atoms with Crippen molar-refractivity contribution in [3.05, 3.63) is 59.9 Å². The molecule has 1 aromatic heterocycles. The van der Waals surface area contributed by atoms with E-state index in [4.69, 9.17) is 12.2 Å². The molecular formula is C16H16N4O3S. The van der Waals surface area contributed by atoms with E-state index in [1.54, 1.807) is 13.1 Å². The Hall–Kier alpha value is -3.00. The van der Waals surface area contributed by atoms with Gasteiger partial charge in [0.1, 0.15) is 0 Å². The first-order chi connectivity index (χ1) is 11.5. The molecule has 0 spiro atoms. The fraction of sp³-hybridized carbons (Fsp3) is 0.125. The minimum absolute atomic E-state index is 0.0622. The Labute approximate surface area is 144 Å². The summed E-state index contributed by atoms with van der Waals surface area (Å²) in [5.41, 5.74) is 3.40. The number of carbonyl (C=O) groups is 2. The van der Waals surface area contributed by atoms with Gasteiger partial charge in [-0.2, -0.15) is 0 Å². The van der Waals surface area contributed by atoms with Gasteiger partial charge in [0.05, 0.1) is 12.7 Å². The number of hydrogen-bond donors (Lipinski definition) is 2. The molecule has 124 valence electrons. The van der Waals surface area contributed by atoms with E-state index in [0.29, 0.717) is 0 Å². The maximum atomic E-state index is 12.4. The summed E-state index contributed by atoms with van der Waals surface area (Å²) in [6.45, 7) is 0. The van der Waals surface area contributed by atoms with Gasteiger partial charge in [-0.25, -0.2) is 9.78 Å². The van der Waals surface area contributed by atoms with E-state index in [1.165, 1.54) is 24.4 Å². The molecule has 2 aromatic rings. The van der Waals surface area contributed by atoms with E-state index in [0.717, 1.165) is 5.69 Å². The second-order valence-corrected chi connectivity index (χ2v) is 5.07. The smallest absolute Gasteiger partial charge is 0.357 e. The minimum Gasteiger partial charge on any atom is -0.464 e. The van der Waals surface area contributed by atoms with Gasteiger partial charge in [0.25, 0.3) is 5.91 Å². The maximum Gasteiger partial charge on any atom is 0.357 e. The van der Waals surface area contributed by atoms with Crippen molar-refractivity contribution in [2.24, 2.45) is 0 Å². The molecule has 0 bridgehead atoms. The van der Waals surface area contributed by atoms with Gasteiger partial charge in [-0.1, -0.05) is 18.2 Å². The van der Waals surface area contributed by atoms with Crippen molar-refractivity contribution in [2.75, 3.05) is 19.5 Å². The summed E-state index contributed by atoms with van der Waals surface area (Å²) in [6.07, 6.45) is 1.41. The molecule has 0 aliphatic rings. The summed E-state index contributed by atoms with van der Waals surface area (Å²) in [6, 6.07) is 12.3. The van der Waals surface area contributed by atoms with E-state index in [2.05, 4.69) is 20.5 Å². The number of carbonyl (C=O) groups excluding carboxylic acids is 2. The van der Waals surface area contributed by atoms with Crippen LogP contribution in [0.15, 0.2) is 48.7 Å². The lowest BCUT2D eigenvalue weighted by atomic mass is 10.2. The lowest BCUT2D eigenvalue weighted by Gasteiger charge is -2.22. The number of hydrazine groups is 1. The van der Waals surface area contributed by atoms with E-state index in [-0.39, 0.29) is 16.4 Å². The van der Waals surface area contributed by atoms with Gasteiger partial charge < -0.3 is 10.1 Å². The average Bonchev–Trinajstić information content (AvgIpc) is 2.61. The van der Waals surface area contributed by atoms with Gasteiger partial charge in [-0.05, 0) is 36.5 Å². The summed E-state index contributed by atoms with van der Waals surface area (Å²) in [5.74, 6) is -1.21. The van der Waals surface area contributed by atoms with Crippen LogP contribution in [0.5, 0.6) is 0 Å². The molecule has 0 radical (unpaired) electrons. The van der Waals surface area contributed by atoms with Crippen molar-refractivity contribution in [1.29, 1.82) is 0 Å². The number of thiocarbonyl (C=S) groups is 1. The molecule has 2 N–H and O–H groups in total. The highest BCUT2D eigenvalue weighted by atomic mass is 32.1. The largest absolute Gasteiger partial charge is 0.464 e. The number of pyridine rings is 1. The SMILES string of the molecule is COC(=O)c1ncccc1C(=O)NN(C)C(=S)Nc1ccccc1. The lowest BCUT2D eigenvalue weighted by Crippen LogP contribution is -2.45. The number of anilines is 1. The Bertz CT molecular complexity index is 752. The van der Waals surface area contributed by atoms with Crippen LogP contribution in [0, 0.1) is 0 Å². The quantitative estimate of drug-likeness (QED) is 0.499. The summed E-state index contributed by atoms with van der Waals surface area (Å²) in [7, 11) is 2.81. The first-order valence-corrected chi connectivity index (χ1v) is 7.38.